The van der Waals surface area contributed by atoms with Crippen molar-refractivity contribution in [1.29, 1.82) is 0 Å². The summed E-state index contributed by atoms with van der Waals surface area (Å²) < 4.78 is 11.3. The van der Waals surface area contributed by atoms with E-state index in [9.17, 15) is 14.4 Å². The number of carbonyl (C=O) groups excluding carboxylic acids is 3. The van der Waals surface area contributed by atoms with Crippen LogP contribution in [-0.2, 0) is 14.4 Å². The number of benzene rings is 2. The van der Waals surface area contributed by atoms with Crippen molar-refractivity contribution in [1.82, 2.24) is 10.7 Å². The van der Waals surface area contributed by atoms with Gasteiger partial charge in [-0.15, -0.1) is 0 Å². The van der Waals surface area contributed by atoms with Gasteiger partial charge in [0.2, 0.25) is 0 Å². The first-order valence-corrected chi connectivity index (χ1v) is 11.2. The summed E-state index contributed by atoms with van der Waals surface area (Å²) in [6.45, 7) is 8.38. The maximum Gasteiger partial charge on any atom is 0.329 e. The van der Waals surface area contributed by atoms with Crippen molar-refractivity contribution in [3.63, 3.8) is 0 Å². The van der Waals surface area contributed by atoms with Crippen LogP contribution in [0.3, 0.4) is 0 Å². The molecule has 0 fully saturated rings. The summed E-state index contributed by atoms with van der Waals surface area (Å²) in [6, 6.07) is 10.8. The van der Waals surface area contributed by atoms with Crippen molar-refractivity contribution in [2.45, 2.75) is 40.5 Å². The molecular formula is C25H32N4O5. The van der Waals surface area contributed by atoms with E-state index in [1.54, 1.807) is 18.2 Å². The van der Waals surface area contributed by atoms with Crippen LogP contribution in [0.4, 0.5) is 5.69 Å². The van der Waals surface area contributed by atoms with E-state index in [-0.39, 0.29) is 12.5 Å². The molecule has 9 nitrogen and oxygen atoms in total. The number of ether oxygens (including phenoxy) is 2. The Balaban J connectivity index is 1.95. The van der Waals surface area contributed by atoms with Gasteiger partial charge >= 0.3 is 11.8 Å². The van der Waals surface area contributed by atoms with E-state index < -0.39 is 11.8 Å². The van der Waals surface area contributed by atoms with E-state index in [4.69, 9.17) is 9.47 Å². The number of rotatable bonds is 11. The van der Waals surface area contributed by atoms with Crippen molar-refractivity contribution in [3.8, 4) is 11.5 Å². The monoisotopic (exact) mass is 468 g/mol. The molecule has 0 spiro atoms. The van der Waals surface area contributed by atoms with Gasteiger partial charge in [-0.1, -0.05) is 31.0 Å². The summed E-state index contributed by atoms with van der Waals surface area (Å²) in [5, 5.41) is 9.16. The van der Waals surface area contributed by atoms with Gasteiger partial charge in [0.1, 0.15) is 0 Å². The molecule has 0 saturated heterocycles. The molecule has 0 saturated carbocycles. The zero-order valence-electron chi connectivity index (χ0n) is 20.1. The molecule has 0 bridgehead atoms. The molecule has 3 N–H and O–H groups in total. The average molecular weight is 469 g/mol. The SMILES string of the molecule is CCCCNC(=O)C(=O)N/N=C\c1ccc(OCC(=O)Nc2ccc(C)cc2C)c(OCC)c1. The summed E-state index contributed by atoms with van der Waals surface area (Å²) in [5.74, 6) is -1.04. The number of nitrogens with zero attached hydrogens (tertiary/aromatic N) is 1. The first-order valence-electron chi connectivity index (χ1n) is 11.2. The maximum absolute atomic E-state index is 12.3. The molecule has 2 rings (SSSR count). The largest absolute Gasteiger partial charge is 0.490 e. The molecule has 182 valence electrons. The van der Waals surface area contributed by atoms with Crippen LogP contribution in [0.25, 0.3) is 0 Å². The van der Waals surface area contributed by atoms with E-state index >= 15 is 0 Å². The molecule has 34 heavy (non-hydrogen) atoms. The number of aryl methyl sites for hydroxylation is 2. The lowest BCUT2D eigenvalue weighted by molar-refractivity contribution is -0.139. The minimum Gasteiger partial charge on any atom is -0.490 e. The van der Waals surface area contributed by atoms with E-state index in [0.29, 0.717) is 30.2 Å². The Bertz CT molecular complexity index is 1040. The standard InChI is InChI=1S/C25H32N4O5/c1-5-7-12-26-24(31)25(32)29-27-15-19-9-11-21(22(14-19)33-6-2)34-16-23(30)28-20-10-8-17(3)13-18(20)4/h8-11,13-15H,5-7,12,16H2,1-4H3,(H,26,31)(H,28,30)(H,29,32)/b27-15-. The van der Waals surface area contributed by atoms with E-state index in [2.05, 4.69) is 21.2 Å². The topological polar surface area (TPSA) is 118 Å². The predicted octanol–water partition coefficient (Wildman–Crippen LogP) is 3.09. The highest BCUT2D eigenvalue weighted by molar-refractivity contribution is 6.35. The van der Waals surface area contributed by atoms with Crippen molar-refractivity contribution in [2.75, 3.05) is 25.1 Å². The van der Waals surface area contributed by atoms with Gasteiger partial charge in [0.05, 0.1) is 12.8 Å². The normalized spacial score (nSPS) is 10.6. The molecule has 0 unspecified atom stereocenters. The molecule has 0 aliphatic heterocycles. The quantitative estimate of drug-likeness (QED) is 0.203. The zero-order valence-corrected chi connectivity index (χ0v) is 20.1. The van der Waals surface area contributed by atoms with Gasteiger partial charge in [-0.25, -0.2) is 5.43 Å². The minimum absolute atomic E-state index is 0.190. The first-order chi connectivity index (χ1) is 16.3. The molecule has 0 radical (unpaired) electrons. The Morgan fingerprint density at radius 1 is 0.971 bits per heavy atom. The van der Waals surface area contributed by atoms with Crippen LogP contribution in [0.1, 0.15) is 43.4 Å². The summed E-state index contributed by atoms with van der Waals surface area (Å²) >= 11 is 0. The lowest BCUT2D eigenvalue weighted by Gasteiger charge is -2.13. The second-order valence-corrected chi connectivity index (χ2v) is 7.60. The molecule has 0 atom stereocenters. The van der Waals surface area contributed by atoms with E-state index in [0.717, 1.165) is 29.7 Å². The fourth-order valence-electron chi connectivity index (χ4n) is 2.95. The van der Waals surface area contributed by atoms with Crippen LogP contribution in [0.2, 0.25) is 0 Å². The number of unbranched alkanes of at least 4 members (excludes halogenated alkanes) is 1. The lowest BCUT2D eigenvalue weighted by atomic mass is 10.1. The van der Waals surface area contributed by atoms with Gasteiger partial charge in [-0.3, -0.25) is 14.4 Å². The second kappa shape index (κ2) is 13.6. The summed E-state index contributed by atoms with van der Waals surface area (Å²) in [7, 11) is 0. The summed E-state index contributed by atoms with van der Waals surface area (Å²) in [6.07, 6.45) is 3.10. The van der Waals surface area contributed by atoms with Gasteiger partial charge in [-0.2, -0.15) is 5.10 Å². The molecule has 2 aromatic carbocycles. The van der Waals surface area contributed by atoms with Gasteiger partial charge < -0.3 is 20.1 Å². The zero-order chi connectivity index (χ0) is 24.9. The van der Waals surface area contributed by atoms with Crippen LogP contribution in [0.5, 0.6) is 11.5 Å². The van der Waals surface area contributed by atoms with Crippen molar-refractivity contribution >= 4 is 29.6 Å². The van der Waals surface area contributed by atoms with Crippen molar-refractivity contribution < 1.29 is 23.9 Å². The highest BCUT2D eigenvalue weighted by Crippen LogP contribution is 2.28. The summed E-state index contributed by atoms with van der Waals surface area (Å²) in [4.78, 5) is 35.7. The number of carbonyl (C=O) groups is 3. The van der Waals surface area contributed by atoms with Crippen molar-refractivity contribution in [3.05, 3.63) is 53.1 Å². The third-order valence-electron chi connectivity index (χ3n) is 4.68. The highest BCUT2D eigenvalue weighted by atomic mass is 16.5. The first kappa shape index (κ1) is 26.4. The predicted molar refractivity (Wildman–Crippen MR) is 131 cm³/mol. The molecule has 0 aromatic heterocycles. The van der Waals surface area contributed by atoms with Gasteiger partial charge in [0.25, 0.3) is 5.91 Å². The number of nitrogens with one attached hydrogen (secondary N) is 3. The van der Waals surface area contributed by atoms with Crippen LogP contribution >= 0.6 is 0 Å². The maximum atomic E-state index is 12.3. The van der Waals surface area contributed by atoms with Gasteiger partial charge in [0.15, 0.2) is 18.1 Å². The Morgan fingerprint density at radius 3 is 2.47 bits per heavy atom. The number of anilines is 1. The Morgan fingerprint density at radius 2 is 1.76 bits per heavy atom. The van der Waals surface area contributed by atoms with E-state index in [1.165, 1.54) is 6.21 Å². The molecule has 2 aromatic rings. The van der Waals surface area contributed by atoms with Crippen LogP contribution < -0.4 is 25.5 Å². The Kier molecular flexibility index (Phi) is 10.6. The van der Waals surface area contributed by atoms with Crippen LogP contribution in [0, 0.1) is 13.8 Å². The molecule has 0 aliphatic rings. The second-order valence-electron chi connectivity index (χ2n) is 7.60. The van der Waals surface area contributed by atoms with E-state index in [1.807, 2.05) is 45.9 Å². The Hall–Kier alpha value is -3.88. The Labute approximate surface area is 199 Å². The third-order valence-corrected chi connectivity index (χ3v) is 4.68. The molecule has 9 heteroatoms. The number of amides is 3. The highest BCUT2D eigenvalue weighted by Gasteiger charge is 2.12. The minimum atomic E-state index is -0.841. The fourth-order valence-corrected chi connectivity index (χ4v) is 2.95. The van der Waals surface area contributed by atoms with Crippen LogP contribution in [0.15, 0.2) is 41.5 Å². The lowest BCUT2D eigenvalue weighted by Crippen LogP contribution is -2.38. The third kappa shape index (κ3) is 8.57. The van der Waals surface area contributed by atoms with Crippen molar-refractivity contribution in [2.24, 2.45) is 5.10 Å². The molecule has 3 amide bonds. The smallest absolute Gasteiger partial charge is 0.329 e. The number of hydrazone groups is 1. The van der Waals surface area contributed by atoms with Crippen LogP contribution in [-0.4, -0.2) is 43.7 Å². The molecule has 0 heterocycles. The molecular weight excluding hydrogens is 436 g/mol. The summed E-state index contributed by atoms with van der Waals surface area (Å²) in [5.41, 5.74) is 5.62. The number of hydrogen-bond donors (Lipinski definition) is 3. The fraction of sp³-hybridized carbons (Fsp3) is 0.360. The average Bonchev–Trinajstić information content (AvgIpc) is 2.80. The van der Waals surface area contributed by atoms with Gasteiger partial charge in [0, 0.05) is 12.2 Å². The van der Waals surface area contributed by atoms with Gasteiger partial charge in [-0.05, 0) is 62.6 Å². The number of hydrogen-bond acceptors (Lipinski definition) is 6. The molecule has 0 aliphatic carbocycles.